The molecule has 0 amide bonds. The van der Waals surface area contributed by atoms with Crippen molar-refractivity contribution in [1.29, 1.82) is 0 Å². The minimum absolute atomic E-state index is 0.0311. The Labute approximate surface area is 162 Å². The Morgan fingerprint density at radius 2 is 1.93 bits per heavy atom. The van der Waals surface area contributed by atoms with Crippen LogP contribution in [0.5, 0.6) is 0 Å². The number of nitrogens with one attached hydrogen (secondary N) is 1. The standard InChI is InChI=1S/C23H30N2O2/c26-14-15-27-23(19-7-2-1-3-8-19)16-20-17-24-12-10-22(20)25-13-11-18-6-4-5-9-21(18)25/h1-9,20,22-24,26H,10-17H2. The first-order valence-electron chi connectivity index (χ1n) is 10.2. The van der Waals surface area contributed by atoms with Crippen LogP contribution in [0.2, 0.25) is 0 Å². The molecule has 4 rings (SSSR count). The molecule has 3 unspecified atom stereocenters. The fourth-order valence-electron chi connectivity index (χ4n) is 4.71. The third-order valence-corrected chi connectivity index (χ3v) is 5.99. The zero-order valence-electron chi connectivity index (χ0n) is 15.9. The topological polar surface area (TPSA) is 44.7 Å². The highest BCUT2D eigenvalue weighted by Gasteiger charge is 2.35. The molecule has 2 aliphatic rings. The Kier molecular flexibility index (Phi) is 6.07. The van der Waals surface area contributed by atoms with Crippen molar-refractivity contribution < 1.29 is 9.84 Å². The summed E-state index contributed by atoms with van der Waals surface area (Å²) in [6.07, 6.45) is 3.32. The quantitative estimate of drug-likeness (QED) is 0.790. The number of hydrogen-bond donors (Lipinski definition) is 2. The minimum atomic E-state index is 0.0311. The van der Waals surface area contributed by atoms with Gasteiger partial charge in [-0.15, -0.1) is 0 Å². The molecule has 0 aliphatic carbocycles. The average molecular weight is 367 g/mol. The van der Waals surface area contributed by atoms with Crippen molar-refractivity contribution in [3.63, 3.8) is 0 Å². The van der Waals surface area contributed by atoms with Crippen molar-refractivity contribution >= 4 is 5.69 Å². The summed E-state index contributed by atoms with van der Waals surface area (Å²) in [6.45, 7) is 3.67. The Bertz CT molecular complexity index is 721. The van der Waals surface area contributed by atoms with Crippen LogP contribution in [0.15, 0.2) is 54.6 Å². The summed E-state index contributed by atoms with van der Waals surface area (Å²) in [5.74, 6) is 0.522. The number of piperidine rings is 1. The second-order valence-electron chi connectivity index (χ2n) is 7.62. The van der Waals surface area contributed by atoms with E-state index in [1.165, 1.54) is 23.2 Å². The number of para-hydroxylation sites is 1. The lowest BCUT2D eigenvalue weighted by molar-refractivity contribution is 0.00957. The van der Waals surface area contributed by atoms with Gasteiger partial charge in [-0.2, -0.15) is 0 Å². The molecule has 2 N–H and O–H groups in total. The van der Waals surface area contributed by atoms with Gasteiger partial charge >= 0.3 is 0 Å². The van der Waals surface area contributed by atoms with Crippen molar-refractivity contribution in [1.82, 2.24) is 5.32 Å². The van der Waals surface area contributed by atoms with Crippen LogP contribution in [-0.2, 0) is 11.2 Å². The lowest BCUT2D eigenvalue weighted by Gasteiger charge is -2.41. The smallest absolute Gasteiger partial charge is 0.0830 e. The number of rotatable bonds is 7. The second kappa shape index (κ2) is 8.87. The SMILES string of the molecule is OCCOC(CC1CNCCC1N1CCc2ccccc21)c1ccccc1. The van der Waals surface area contributed by atoms with Crippen molar-refractivity contribution in [2.75, 3.05) is 37.7 Å². The first-order chi connectivity index (χ1) is 13.4. The molecule has 3 atom stereocenters. The molecule has 4 nitrogen and oxygen atoms in total. The zero-order valence-corrected chi connectivity index (χ0v) is 15.9. The van der Waals surface area contributed by atoms with Crippen molar-refractivity contribution in [2.24, 2.45) is 5.92 Å². The van der Waals surface area contributed by atoms with Gasteiger partial charge in [0.2, 0.25) is 0 Å². The lowest BCUT2D eigenvalue weighted by atomic mass is 9.85. The maximum absolute atomic E-state index is 9.26. The number of benzene rings is 2. The maximum atomic E-state index is 9.26. The molecule has 4 heteroatoms. The molecule has 2 aromatic carbocycles. The number of aliphatic hydroxyl groups excluding tert-OH is 1. The molecular weight excluding hydrogens is 336 g/mol. The molecule has 0 bridgehead atoms. The van der Waals surface area contributed by atoms with Crippen LogP contribution in [-0.4, -0.2) is 44.0 Å². The average Bonchev–Trinajstić information content (AvgIpc) is 3.16. The summed E-state index contributed by atoms with van der Waals surface area (Å²) in [7, 11) is 0. The molecule has 0 saturated carbocycles. The first kappa shape index (κ1) is 18.5. The van der Waals surface area contributed by atoms with E-state index >= 15 is 0 Å². The fraction of sp³-hybridized carbons (Fsp3) is 0.478. The number of anilines is 1. The van der Waals surface area contributed by atoms with E-state index in [9.17, 15) is 5.11 Å². The summed E-state index contributed by atoms with van der Waals surface area (Å²) in [4.78, 5) is 2.63. The molecule has 0 radical (unpaired) electrons. The van der Waals surface area contributed by atoms with Crippen LogP contribution in [0.3, 0.4) is 0 Å². The van der Waals surface area contributed by atoms with Crippen LogP contribution in [0, 0.1) is 5.92 Å². The van der Waals surface area contributed by atoms with E-state index in [2.05, 4.69) is 58.7 Å². The van der Waals surface area contributed by atoms with E-state index in [1.807, 2.05) is 6.07 Å². The molecule has 2 aromatic rings. The van der Waals surface area contributed by atoms with Gasteiger partial charge in [-0.05, 0) is 48.9 Å². The Morgan fingerprint density at radius 1 is 1.11 bits per heavy atom. The number of hydrogen-bond acceptors (Lipinski definition) is 4. The number of ether oxygens (including phenoxy) is 1. The van der Waals surface area contributed by atoms with Crippen molar-refractivity contribution in [3.05, 3.63) is 65.7 Å². The van der Waals surface area contributed by atoms with Gasteiger partial charge in [0, 0.05) is 24.8 Å². The molecule has 1 saturated heterocycles. The van der Waals surface area contributed by atoms with E-state index in [4.69, 9.17) is 4.74 Å². The van der Waals surface area contributed by atoms with E-state index in [0.717, 1.165) is 32.5 Å². The molecule has 2 heterocycles. The third-order valence-electron chi connectivity index (χ3n) is 5.99. The Morgan fingerprint density at radius 3 is 2.78 bits per heavy atom. The molecule has 1 fully saturated rings. The van der Waals surface area contributed by atoms with E-state index in [0.29, 0.717) is 18.6 Å². The van der Waals surface area contributed by atoms with E-state index in [-0.39, 0.29) is 12.7 Å². The predicted octanol–water partition coefficient (Wildman–Crippen LogP) is 3.17. The van der Waals surface area contributed by atoms with Gasteiger partial charge < -0.3 is 20.1 Å². The summed E-state index contributed by atoms with van der Waals surface area (Å²) in [6, 6.07) is 19.8. The molecule has 0 aromatic heterocycles. The fourth-order valence-corrected chi connectivity index (χ4v) is 4.71. The number of fused-ring (bicyclic) bond motifs is 1. The normalized spacial score (nSPS) is 23.2. The van der Waals surface area contributed by atoms with Crippen LogP contribution < -0.4 is 10.2 Å². The Hall–Kier alpha value is -1.88. The first-order valence-corrected chi connectivity index (χ1v) is 10.2. The van der Waals surface area contributed by atoms with Gasteiger partial charge in [0.1, 0.15) is 0 Å². The highest BCUT2D eigenvalue weighted by Crippen LogP contribution is 2.36. The number of aliphatic hydroxyl groups is 1. The largest absolute Gasteiger partial charge is 0.394 e. The third kappa shape index (κ3) is 4.18. The molecule has 27 heavy (non-hydrogen) atoms. The minimum Gasteiger partial charge on any atom is -0.394 e. The zero-order chi connectivity index (χ0) is 18.5. The highest BCUT2D eigenvalue weighted by molar-refractivity contribution is 5.58. The van der Waals surface area contributed by atoms with Gasteiger partial charge in [-0.3, -0.25) is 0 Å². The van der Waals surface area contributed by atoms with Gasteiger partial charge in [-0.25, -0.2) is 0 Å². The predicted molar refractivity (Wildman–Crippen MR) is 109 cm³/mol. The van der Waals surface area contributed by atoms with Gasteiger partial charge in [0.25, 0.3) is 0 Å². The van der Waals surface area contributed by atoms with Crippen molar-refractivity contribution in [2.45, 2.75) is 31.4 Å². The second-order valence-corrected chi connectivity index (χ2v) is 7.62. The monoisotopic (exact) mass is 366 g/mol. The summed E-state index contributed by atoms with van der Waals surface area (Å²) in [5, 5.41) is 12.8. The molecular formula is C23H30N2O2. The Balaban J connectivity index is 1.53. The van der Waals surface area contributed by atoms with Gasteiger partial charge in [0.05, 0.1) is 19.3 Å². The van der Waals surface area contributed by atoms with E-state index in [1.54, 1.807) is 0 Å². The van der Waals surface area contributed by atoms with Gasteiger partial charge in [0.15, 0.2) is 0 Å². The maximum Gasteiger partial charge on any atom is 0.0830 e. The lowest BCUT2D eigenvalue weighted by Crippen LogP contribution is -2.50. The molecule has 144 valence electrons. The summed E-state index contributed by atoms with van der Waals surface area (Å²) >= 11 is 0. The van der Waals surface area contributed by atoms with Crippen LogP contribution in [0.1, 0.15) is 30.1 Å². The number of nitrogens with zero attached hydrogens (tertiary/aromatic N) is 1. The van der Waals surface area contributed by atoms with Crippen LogP contribution in [0.25, 0.3) is 0 Å². The van der Waals surface area contributed by atoms with E-state index < -0.39 is 0 Å². The van der Waals surface area contributed by atoms with Gasteiger partial charge in [-0.1, -0.05) is 48.5 Å². The summed E-state index contributed by atoms with van der Waals surface area (Å²) < 4.78 is 6.06. The highest BCUT2D eigenvalue weighted by atomic mass is 16.5. The molecule has 2 aliphatic heterocycles. The summed E-state index contributed by atoms with van der Waals surface area (Å²) in [5.41, 5.74) is 4.10. The van der Waals surface area contributed by atoms with Crippen LogP contribution in [0.4, 0.5) is 5.69 Å². The molecule has 0 spiro atoms. The van der Waals surface area contributed by atoms with Crippen LogP contribution >= 0.6 is 0 Å². The van der Waals surface area contributed by atoms with Crippen molar-refractivity contribution in [3.8, 4) is 0 Å².